The number of fused-ring (bicyclic) bond motifs is 1. The van der Waals surface area contributed by atoms with Crippen LogP contribution in [0.25, 0.3) is 6.08 Å². The number of carbonyl (C=O) groups excluding carboxylic acids is 1. The Kier molecular flexibility index (Phi) is 7.97. The van der Waals surface area contributed by atoms with Crippen molar-refractivity contribution in [2.75, 3.05) is 41.0 Å². The molecule has 0 saturated carbocycles. The van der Waals surface area contributed by atoms with Gasteiger partial charge in [-0.15, -0.1) is 0 Å². The number of hydrogen-bond donors (Lipinski definition) is 1. The Balaban J connectivity index is 1.47. The minimum absolute atomic E-state index is 0.213. The van der Waals surface area contributed by atoms with E-state index in [0.29, 0.717) is 30.3 Å². The molecule has 1 aliphatic rings. The molecular formula is C25H28N2O4. The molecule has 1 aliphatic heterocycles. The van der Waals surface area contributed by atoms with Gasteiger partial charge in [-0.3, -0.25) is 9.69 Å². The lowest BCUT2D eigenvalue weighted by Gasteiger charge is -2.26. The molecule has 0 atom stereocenters. The van der Waals surface area contributed by atoms with E-state index in [1.165, 1.54) is 17.2 Å². The van der Waals surface area contributed by atoms with E-state index in [9.17, 15) is 4.79 Å². The first-order valence-electron chi connectivity index (χ1n) is 10.2. The first-order chi connectivity index (χ1) is 15.1. The molecule has 0 bridgehead atoms. The summed E-state index contributed by atoms with van der Waals surface area (Å²) in [6, 6.07) is 12.1. The fraction of sp³-hybridized carbons (Fsp3) is 0.320. The maximum atomic E-state index is 12.1. The molecule has 2 aromatic carbocycles. The molecule has 3 rings (SSSR count). The standard InChI is InChI=1S/C25H28N2O4/c1-29-22-16-19(17-23(30-2)25(22)31-3)10-11-24(28)26-13-6-7-14-27-15-12-20-8-4-5-9-21(20)18-27/h4-5,8-11,16-17H,12-15,18H2,1-3H3,(H,26,28)/b11-10+. The van der Waals surface area contributed by atoms with Crippen LogP contribution in [-0.2, 0) is 17.8 Å². The average molecular weight is 421 g/mol. The Morgan fingerprint density at radius 3 is 2.45 bits per heavy atom. The number of carbonyl (C=O) groups is 1. The minimum atomic E-state index is -0.213. The van der Waals surface area contributed by atoms with Crippen LogP contribution in [0.2, 0.25) is 0 Å². The van der Waals surface area contributed by atoms with Crippen molar-refractivity contribution in [1.29, 1.82) is 0 Å². The maximum absolute atomic E-state index is 12.1. The second-order valence-corrected chi connectivity index (χ2v) is 7.09. The number of benzene rings is 2. The molecule has 1 N–H and O–H groups in total. The van der Waals surface area contributed by atoms with Crippen molar-refractivity contribution >= 4 is 12.0 Å². The van der Waals surface area contributed by atoms with Crippen LogP contribution >= 0.6 is 0 Å². The van der Waals surface area contributed by atoms with E-state index in [-0.39, 0.29) is 5.91 Å². The molecule has 31 heavy (non-hydrogen) atoms. The van der Waals surface area contributed by atoms with Crippen LogP contribution in [0.1, 0.15) is 16.7 Å². The monoisotopic (exact) mass is 420 g/mol. The van der Waals surface area contributed by atoms with Crippen LogP contribution < -0.4 is 19.5 Å². The quantitative estimate of drug-likeness (QED) is 0.551. The topological polar surface area (TPSA) is 60.0 Å². The summed E-state index contributed by atoms with van der Waals surface area (Å²) in [6.07, 6.45) is 4.21. The van der Waals surface area contributed by atoms with E-state index in [4.69, 9.17) is 14.2 Å². The number of hydrogen-bond acceptors (Lipinski definition) is 5. The summed E-state index contributed by atoms with van der Waals surface area (Å²) >= 11 is 0. The normalized spacial score (nSPS) is 13.1. The molecule has 0 radical (unpaired) electrons. The SMILES string of the molecule is COc1cc(/C=C/C(=O)NCC#CCN2CCc3ccccc3C2)cc(OC)c1OC. The number of ether oxygens (including phenoxy) is 3. The molecule has 0 fully saturated rings. The lowest BCUT2D eigenvalue weighted by atomic mass is 10.0. The summed E-state index contributed by atoms with van der Waals surface area (Å²) in [4.78, 5) is 14.4. The fourth-order valence-corrected chi connectivity index (χ4v) is 3.48. The minimum Gasteiger partial charge on any atom is -0.493 e. The van der Waals surface area contributed by atoms with Crippen LogP contribution in [0.3, 0.4) is 0 Å². The van der Waals surface area contributed by atoms with Crippen molar-refractivity contribution in [1.82, 2.24) is 10.2 Å². The number of amides is 1. The van der Waals surface area contributed by atoms with Gasteiger partial charge in [-0.1, -0.05) is 36.1 Å². The molecule has 0 aliphatic carbocycles. The Bertz CT molecular complexity index is 979. The highest BCUT2D eigenvalue weighted by molar-refractivity contribution is 5.92. The van der Waals surface area contributed by atoms with Crippen molar-refractivity contribution in [2.45, 2.75) is 13.0 Å². The molecule has 1 amide bonds. The lowest BCUT2D eigenvalue weighted by molar-refractivity contribution is -0.116. The van der Waals surface area contributed by atoms with Crippen LogP contribution in [0.15, 0.2) is 42.5 Å². The molecule has 0 unspecified atom stereocenters. The second-order valence-electron chi connectivity index (χ2n) is 7.09. The molecular weight excluding hydrogens is 392 g/mol. The molecule has 162 valence electrons. The molecule has 0 spiro atoms. The van der Waals surface area contributed by atoms with E-state index >= 15 is 0 Å². The highest BCUT2D eigenvalue weighted by Gasteiger charge is 2.14. The van der Waals surface area contributed by atoms with Gasteiger partial charge in [-0.2, -0.15) is 0 Å². The predicted octanol–water partition coefficient (Wildman–Crippen LogP) is 2.90. The third-order valence-corrected chi connectivity index (χ3v) is 5.10. The van der Waals surface area contributed by atoms with E-state index in [1.807, 2.05) is 0 Å². The molecule has 6 nitrogen and oxygen atoms in total. The van der Waals surface area contributed by atoms with Gasteiger partial charge < -0.3 is 19.5 Å². The predicted molar refractivity (Wildman–Crippen MR) is 121 cm³/mol. The van der Waals surface area contributed by atoms with Crippen molar-refractivity contribution in [3.63, 3.8) is 0 Å². The zero-order chi connectivity index (χ0) is 22.1. The fourth-order valence-electron chi connectivity index (χ4n) is 3.48. The summed E-state index contributed by atoms with van der Waals surface area (Å²) < 4.78 is 16.0. The van der Waals surface area contributed by atoms with E-state index in [1.54, 1.807) is 39.5 Å². The molecule has 2 aromatic rings. The van der Waals surface area contributed by atoms with Gasteiger partial charge in [0.1, 0.15) is 0 Å². The molecule has 1 heterocycles. The van der Waals surface area contributed by atoms with Crippen LogP contribution in [0.4, 0.5) is 0 Å². The van der Waals surface area contributed by atoms with Gasteiger partial charge in [0.15, 0.2) is 11.5 Å². The zero-order valence-corrected chi connectivity index (χ0v) is 18.2. The summed E-state index contributed by atoms with van der Waals surface area (Å²) in [5, 5.41) is 2.78. The van der Waals surface area contributed by atoms with Crippen molar-refractivity contribution < 1.29 is 19.0 Å². The van der Waals surface area contributed by atoms with Gasteiger partial charge in [-0.25, -0.2) is 0 Å². The largest absolute Gasteiger partial charge is 0.493 e. The van der Waals surface area contributed by atoms with Crippen LogP contribution in [0.5, 0.6) is 17.2 Å². The average Bonchev–Trinajstić information content (AvgIpc) is 2.81. The van der Waals surface area contributed by atoms with E-state index in [0.717, 1.165) is 25.1 Å². The summed E-state index contributed by atoms with van der Waals surface area (Å²) in [7, 11) is 4.66. The molecule has 0 saturated heterocycles. The van der Waals surface area contributed by atoms with Crippen molar-refractivity contribution in [2.24, 2.45) is 0 Å². The molecule has 0 aromatic heterocycles. The Hall–Kier alpha value is -3.43. The zero-order valence-electron chi connectivity index (χ0n) is 18.2. The number of methoxy groups -OCH3 is 3. The highest BCUT2D eigenvalue weighted by atomic mass is 16.5. The van der Waals surface area contributed by atoms with Gasteiger partial charge >= 0.3 is 0 Å². The Labute approximate surface area is 183 Å². The van der Waals surface area contributed by atoms with Gasteiger partial charge in [0, 0.05) is 19.2 Å². The third-order valence-electron chi connectivity index (χ3n) is 5.10. The lowest BCUT2D eigenvalue weighted by Crippen LogP contribution is -2.30. The first kappa shape index (κ1) is 22.3. The molecule has 6 heteroatoms. The number of rotatable bonds is 7. The van der Waals surface area contributed by atoms with Crippen molar-refractivity contribution in [3.8, 4) is 29.1 Å². The highest BCUT2D eigenvalue weighted by Crippen LogP contribution is 2.38. The van der Waals surface area contributed by atoms with E-state index < -0.39 is 0 Å². The third kappa shape index (κ3) is 6.03. The number of nitrogens with zero attached hydrogens (tertiary/aromatic N) is 1. The van der Waals surface area contributed by atoms with Crippen LogP contribution in [-0.4, -0.2) is 51.8 Å². The van der Waals surface area contributed by atoms with Gasteiger partial charge in [0.2, 0.25) is 11.7 Å². The Morgan fingerprint density at radius 2 is 1.77 bits per heavy atom. The van der Waals surface area contributed by atoms with Gasteiger partial charge in [0.25, 0.3) is 0 Å². The van der Waals surface area contributed by atoms with Gasteiger partial charge in [-0.05, 0) is 41.3 Å². The smallest absolute Gasteiger partial charge is 0.244 e. The first-order valence-corrected chi connectivity index (χ1v) is 10.2. The summed E-state index contributed by atoms with van der Waals surface area (Å²) in [5.74, 6) is 7.54. The van der Waals surface area contributed by atoms with Crippen molar-refractivity contribution in [3.05, 3.63) is 59.2 Å². The second kappa shape index (κ2) is 11.1. The van der Waals surface area contributed by atoms with Crippen LogP contribution in [0, 0.1) is 11.8 Å². The van der Waals surface area contributed by atoms with Gasteiger partial charge in [0.05, 0.1) is 34.4 Å². The number of nitrogens with one attached hydrogen (secondary N) is 1. The maximum Gasteiger partial charge on any atom is 0.244 e. The van der Waals surface area contributed by atoms with E-state index in [2.05, 4.69) is 46.3 Å². The summed E-state index contributed by atoms with van der Waals surface area (Å²) in [5.41, 5.74) is 3.57. The summed E-state index contributed by atoms with van der Waals surface area (Å²) in [6.45, 7) is 2.94. The Morgan fingerprint density at radius 1 is 1.06 bits per heavy atom.